The van der Waals surface area contributed by atoms with Crippen LogP contribution in [0.1, 0.15) is 23.1 Å². The van der Waals surface area contributed by atoms with Crippen molar-refractivity contribution in [2.24, 2.45) is 0 Å². The second kappa shape index (κ2) is 4.97. The summed E-state index contributed by atoms with van der Waals surface area (Å²) in [6.07, 6.45) is 4.91. The van der Waals surface area contributed by atoms with Gasteiger partial charge in [-0.15, -0.1) is 0 Å². The topological polar surface area (TPSA) is 60.2 Å². The molecule has 0 saturated carbocycles. The van der Waals surface area contributed by atoms with E-state index in [2.05, 4.69) is 15.3 Å². The second-order valence-corrected chi connectivity index (χ2v) is 3.64. The van der Waals surface area contributed by atoms with E-state index >= 15 is 0 Å². The number of aryl methyl sites for hydroxylation is 1. The van der Waals surface area contributed by atoms with Gasteiger partial charge in [-0.1, -0.05) is 0 Å². The molecular weight excluding hydrogens is 218 g/mol. The van der Waals surface area contributed by atoms with E-state index in [1.165, 1.54) is 0 Å². The van der Waals surface area contributed by atoms with Crippen molar-refractivity contribution in [3.8, 4) is 5.88 Å². The van der Waals surface area contributed by atoms with Crippen LogP contribution in [0.15, 0.2) is 29.1 Å². The molecule has 0 aliphatic carbocycles. The minimum Gasteiger partial charge on any atom is -0.480 e. The molecule has 1 atom stereocenters. The Kier molecular flexibility index (Phi) is 3.39. The lowest BCUT2D eigenvalue weighted by Crippen LogP contribution is -2.20. The first-order valence-corrected chi connectivity index (χ1v) is 5.34. The second-order valence-electron chi connectivity index (χ2n) is 3.64. The van der Waals surface area contributed by atoms with Crippen LogP contribution in [0.2, 0.25) is 0 Å². The number of methoxy groups -OCH3 is 1. The fourth-order valence-corrected chi connectivity index (χ4v) is 1.76. The Morgan fingerprint density at radius 2 is 2.12 bits per heavy atom. The van der Waals surface area contributed by atoms with Crippen LogP contribution in [0.3, 0.4) is 0 Å². The van der Waals surface area contributed by atoms with E-state index in [0.717, 1.165) is 17.0 Å². The first kappa shape index (κ1) is 11.6. The number of nitrogens with zero attached hydrogens (tertiary/aromatic N) is 2. The molecule has 5 heteroatoms. The van der Waals surface area contributed by atoms with Crippen molar-refractivity contribution in [1.82, 2.24) is 15.3 Å². The van der Waals surface area contributed by atoms with Crippen LogP contribution in [-0.4, -0.2) is 24.1 Å². The van der Waals surface area contributed by atoms with Gasteiger partial charge < -0.3 is 14.5 Å². The van der Waals surface area contributed by atoms with Crippen molar-refractivity contribution < 1.29 is 9.15 Å². The quantitative estimate of drug-likeness (QED) is 0.870. The molecule has 2 rings (SSSR count). The van der Waals surface area contributed by atoms with Gasteiger partial charge >= 0.3 is 0 Å². The Morgan fingerprint density at radius 1 is 1.35 bits per heavy atom. The van der Waals surface area contributed by atoms with Crippen molar-refractivity contribution >= 4 is 0 Å². The normalized spacial score (nSPS) is 12.4. The Morgan fingerprint density at radius 3 is 2.71 bits per heavy atom. The van der Waals surface area contributed by atoms with E-state index < -0.39 is 0 Å². The zero-order chi connectivity index (χ0) is 12.3. The summed E-state index contributed by atoms with van der Waals surface area (Å²) in [6.45, 7) is 1.99. The van der Waals surface area contributed by atoms with Gasteiger partial charge in [-0.3, -0.25) is 4.98 Å². The van der Waals surface area contributed by atoms with Crippen LogP contribution >= 0.6 is 0 Å². The SMILES string of the molecule is CNC(c1nccnc1OC)c1occc1C. The van der Waals surface area contributed by atoms with Gasteiger partial charge in [0.15, 0.2) is 0 Å². The van der Waals surface area contributed by atoms with Crippen LogP contribution in [0.25, 0.3) is 0 Å². The lowest BCUT2D eigenvalue weighted by Gasteiger charge is -2.15. The number of ether oxygens (including phenoxy) is 1. The van der Waals surface area contributed by atoms with Crippen molar-refractivity contribution in [1.29, 1.82) is 0 Å². The average molecular weight is 233 g/mol. The van der Waals surface area contributed by atoms with E-state index in [1.807, 2.05) is 20.0 Å². The molecule has 0 radical (unpaired) electrons. The minimum absolute atomic E-state index is 0.159. The number of nitrogens with one attached hydrogen (secondary N) is 1. The van der Waals surface area contributed by atoms with E-state index in [1.54, 1.807) is 25.8 Å². The Bertz CT molecular complexity index is 496. The van der Waals surface area contributed by atoms with Crippen LogP contribution in [-0.2, 0) is 0 Å². The predicted octanol–water partition coefficient (Wildman–Crippen LogP) is 1.70. The van der Waals surface area contributed by atoms with E-state index in [0.29, 0.717) is 5.88 Å². The molecule has 2 aromatic heterocycles. The fraction of sp³-hybridized carbons (Fsp3) is 0.333. The van der Waals surface area contributed by atoms with Crippen molar-refractivity contribution in [2.75, 3.05) is 14.2 Å². The molecule has 0 fully saturated rings. The summed E-state index contributed by atoms with van der Waals surface area (Å²) in [5.41, 5.74) is 1.78. The highest BCUT2D eigenvalue weighted by Gasteiger charge is 2.23. The highest BCUT2D eigenvalue weighted by Crippen LogP contribution is 2.28. The monoisotopic (exact) mass is 233 g/mol. The molecule has 0 aliphatic heterocycles. The van der Waals surface area contributed by atoms with Crippen LogP contribution < -0.4 is 10.1 Å². The maximum atomic E-state index is 5.49. The Hall–Kier alpha value is -1.88. The smallest absolute Gasteiger partial charge is 0.237 e. The maximum absolute atomic E-state index is 5.49. The highest BCUT2D eigenvalue weighted by atomic mass is 16.5. The fourth-order valence-electron chi connectivity index (χ4n) is 1.76. The van der Waals surface area contributed by atoms with Gasteiger partial charge in [0.25, 0.3) is 0 Å². The lowest BCUT2D eigenvalue weighted by atomic mass is 10.1. The van der Waals surface area contributed by atoms with Gasteiger partial charge in [-0.2, -0.15) is 0 Å². The zero-order valence-electron chi connectivity index (χ0n) is 10.1. The predicted molar refractivity (Wildman–Crippen MR) is 62.9 cm³/mol. The summed E-state index contributed by atoms with van der Waals surface area (Å²) in [7, 11) is 3.43. The van der Waals surface area contributed by atoms with Gasteiger partial charge in [0.2, 0.25) is 5.88 Å². The number of hydrogen-bond acceptors (Lipinski definition) is 5. The molecule has 0 aliphatic rings. The molecule has 0 saturated heterocycles. The average Bonchev–Trinajstić information content (AvgIpc) is 2.78. The van der Waals surface area contributed by atoms with Gasteiger partial charge in [0.05, 0.1) is 13.4 Å². The molecule has 2 heterocycles. The standard InChI is InChI=1S/C12H15N3O2/c1-8-4-7-17-11(8)9(13-2)10-12(16-3)15-6-5-14-10/h4-7,9,13H,1-3H3. The lowest BCUT2D eigenvalue weighted by molar-refractivity contribution is 0.375. The third kappa shape index (κ3) is 2.14. The highest BCUT2D eigenvalue weighted by molar-refractivity contribution is 5.31. The third-order valence-electron chi connectivity index (χ3n) is 2.61. The van der Waals surface area contributed by atoms with Crippen molar-refractivity contribution in [3.05, 3.63) is 41.7 Å². The Balaban J connectivity index is 2.46. The summed E-state index contributed by atoms with van der Waals surface area (Å²) >= 11 is 0. The first-order chi connectivity index (χ1) is 8.27. The number of hydrogen-bond donors (Lipinski definition) is 1. The molecule has 5 nitrogen and oxygen atoms in total. The van der Waals surface area contributed by atoms with Crippen molar-refractivity contribution in [3.63, 3.8) is 0 Å². The molecule has 0 spiro atoms. The molecule has 2 aromatic rings. The van der Waals surface area contributed by atoms with Gasteiger partial charge in [-0.05, 0) is 25.6 Å². The Labute approximate surface area is 99.8 Å². The van der Waals surface area contributed by atoms with Crippen LogP contribution in [0, 0.1) is 6.92 Å². The first-order valence-electron chi connectivity index (χ1n) is 5.34. The molecule has 1 N–H and O–H groups in total. The zero-order valence-corrected chi connectivity index (χ0v) is 10.1. The summed E-state index contributed by atoms with van der Waals surface area (Å²) < 4.78 is 10.7. The minimum atomic E-state index is -0.159. The summed E-state index contributed by atoms with van der Waals surface area (Å²) in [5, 5.41) is 3.16. The molecule has 1 unspecified atom stereocenters. The van der Waals surface area contributed by atoms with E-state index in [-0.39, 0.29) is 6.04 Å². The summed E-state index contributed by atoms with van der Waals surface area (Å²) in [4.78, 5) is 8.45. The number of aromatic nitrogens is 2. The van der Waals surface area contributed by atoms with Gasteiger partial charge in [0.1, 0.15) is 17.5 Å². The molecular formula is C12H15N3O2. The number of furan rings is 1. The van der Waals surface area contributed by atoms with E-state index in [4.69, 9.17) is 9.15 Å². The van der Waals surface area contributed by atoms with E-state index in [9.17, 15) is 0 Å². The van der Waals surface area contributed by atoms with Crippen LogP contribution in [0.5, 0.6) is 5.88 Å². The van der Waals surface area contributed by atoms with Gasteiger partial charge in [-0.25, -0.2) is 4.98 Å². The van der Waals surface area contributed by atoms with Crippen molar-refractivity contribution in [2.45, 2.75) is 13.0 Å². The van der Waals surface area contributed by atoms with Gasteiger partial charge in [0, 0.05) is 12.4 Å². The van der Waals surface area contributed by atoms with Crippen LogP contribution in [0.4, 0.5) is 0 Å². The summed E-state index contributed by atoms with van der Waals surface area (Å²) in [5.74, 6) is 1.33. The molecule has 90 valence electrons. The number of rotatable bonds is 4. The molecule has 0 aromatic carbocycles. The maximum Gasteiger partial charge on any atom is 0.237 e. The molecule has 0 bridgehead atoms. The third-order valence-corrected chi connectivity index (χ3v) is 2.61. The summed E-state index contributed by atoms with van der Waals surface area (Å²) in [6, 6.07) is 1.76. The molecule has 0 amide bonds. The largest absolute Gasteiger partial charge is 0.480 e. The molecule has 17 heavy (non-hydrogen) atoms.